The van der Waals surface area contributed by atoms with Crippen molar-refractivity contribution in [2.24, 2.45) is 0 Å². The number of aliphatic hydroxyl groups is 1. The van der Waals surface area contributed by atoms with E-state index in [4.69, 9.17) is 0 Å². The minimum atomic E-state index is -0.344. The normalized spacial score (nSPS) is 10.9. The van der Waals surface area contributed by atoms with Crippen LogP contribution in [0.5, 0.6) is 0 Å². The average molecular weight is 413 g/mol. The Labute approximate surface area is 179 Å². The summed E-state index contributed by atoms with van der Waals surface area (Å²) in [4.78, 5) is 31.0. The first-order chi connectivity index (χ1) is 15.2. The van der Waals surface area contributed by atoms with E-state index in [1.54, 1.807) is 12.3 Å². The minimum absolute atomic E-state index is 0.0849. The van der Waals surface area contributed by atoms with Crippen LogP contribution in [0.25, 0.3) is 22.0 Å². The number of nitrogens with one attached hydrogen (secondary N) is 1. The van der Waals surface area contributed by atoms with Gasteiger partial charge in [-0.05, 0) is 23.6 Å². The van der Waals surface area contributed by atoms with E-state index >= 15 is 0 Å². The molecule has 0 radical (unpaired) electrons. The first-order valence-corrected chi connectivity index (χ1v) is 10.2. The summed E-state index contributed by atoms with van der Waals surface area (Å²) in [7, 11) is 0. The van der Waals surface area contributed by atoms with Crippen molar-refractivity contribution < 1.29 is 9.90 Å². The average Bonchev–Trinajstić information content (AvgIpc) is 2.83. The molecule has 0 atom stereocenters. The van der Waals surface area contributed by atoms with E-state index < -0.39 is 0 Å². The maximum absolute atomic E-state index is 13.4. The van der Waals surface area contributed by atoms with Crippen molar-refractivity contribution in [3.63, 3.8) is 0 Å². The van der Waals surface area contributed by atoms with Crippen LogP contribution in [0.2, 0.25) is 0 Å². The molecule has 0 aliphatic rings. The molecule has 0 spiro atoms. The number of rotatable bonds is 7. The Morgan fingerprint density at radius 1 is 0.968 bits per heavy atom. The Balaban J connectivity index is 1.92. The standard InChI is InChI=1S/C25H23N3O3/c29-16-8-15-28-23(24(30)27-17-18-9-3-1-4-10-18)21(19-11-5-2-6-12-19)20-13-7-14-26-22(20)25(28)31/h1-7,9-14,29H,8,15-17H2,(H,27,30). The van der Waals surface area contributed by atoms with Crippen molar-refractivity contribution in [2.45, 2.75) is 19.5 Å². The Morgan fingerprint density at radius 3 is 2.39 bits per heavy atom. The highest BCUT2D eigenvalue weighted by molar-refractivity contribution is 6.07. The maximum Gasteiger partial charge on any atom is 0.277 e. The minimum Gasteiger partial charge on any atom is -0.396 e. The molecule has 0 unspecified atom stereocenters. The highest BCUT2D eigenvalue weighted by atomic mass is 16.3. The van der Waals surface area contributed by atoms with E-state index in [9.17, 15) is 14.7 Å². The van der Waals surface area contributed by atoms with Crippen LogP contribution in [0.15, 0.2) is 83.8 Å². The third kappa shape index (κ3) is 4.25. The number of aromatic nitrogens is 2. The van der Waals surface area contributed by atoms with Crippen molar-refractivity contribution in [3.8, 4) is 11.1 Å². The van der Waals surface area contributed by atoms with Gasteiger partial charge in [-0.2, -0.15) is 0 Å². The molecule has 0 bridgehead atoms. The summed E-state index contributed by atoms with van der Waals surface area (Å²) in [6, 6.07) is 22.7. The third-order valence-corrected chi connectivity index (χ3v) is 5.14. The number of carbonyl (C=O) groups is 1. The number of aliphatic hydroxyl groups excluding tert-OH is 1. The first-order valence-electron chi connectivity index (χ1n) is 10.2. The van der Waals surface area contributed by atoms with Gasteiger partial charge in [0.25, 0.3) is 11.5 Å². The molecule has 2 aromatic carbocycles. The summed E-state index contributed by atoms with van der Waals surface area (Å²) in [5.74, 6) is -0.344. The molecule has 2 aromatic heterocycles. The van der Waals surface area contributed by atoms with Gasteiger partial charge in [-0.25, -0.2) is 0 Å². The topological polar surface area (TPSA) is 84.2 Å². The summed E-state index contributed by atoms with van der Waals surface area (Å²) < 4.78 is 1.44. The zero-order valence-electron chi connectivity index (χ0n) is 17.0. The Kier molecular flexibility index (Phi) is 6.19. The van der Waals surface area contributed by atoms with Crippen LogP contribution in [-0.4, -0.2) is 27.2 Å². The van der Waals surface area contributed by atoms with Gasteiger partial charge in [-0.15, -0.1) is 0 Å². The largest absolute Gasteiger partial charge is 0.396 e. The van der Waals surface area contributed by atoms with Gasteiger partial charge in [-0.3, -0.25) is 14.6 Å². The second-order valence-electron chi connectivity index (χ2n) is 7.19. The molecular weight excluding hydrogens is 390 g/mol. The molecule has 6 heteroatoms. The Bertz CT molecular complexity index is 1250. The van der Waals surface area contributed by atoms with Gasteiger partial charge in [0.05, 0.1) is 0 Å². The van der Waals surface area contributed by atoms with Gasteiger partial charge in [0.1, 0.15) is 11.2 Å². The Hall–Kier alpha value is -3.77. The van der Waals surface area contributed by atoms with Gasteiger partial charge in [0.15, 0.2) is 0 Å². The van der Waals surface area contributed by atoms with E-state index in [0.29, 0.717) is 29.4 Å². The fourth-order valence-electron chi connectivity index (χ4n) is 3.71. The van der Waals surface area contributed by atoms with E-state index in [0.717, 1.165) is 11.1 Å². The number of amides is 1. The summed E-state index contributed by atoms with van der Waals surface area (Å²) in [6.07, 6.45) is 1.93. The lowest BCUT2D eigenvalue weighted by atomic mass is 9.98. The molecule has 0 fully saturated rings. The Morgan fingerprint density at radius 2 is 1.68 bits per heavy atom. The number of pyridine rings is 2. The van der Waals surface area contributed by atoms with Crippen molar-refractivity contribution in [1.29, 1.82) is 0 Å². The molecular formula is C25H23N3O3. The van der Waals surface area contributed by atoms with Gasteiger partial charge < -0.3 is 15.0 Å². The lowest BCUT2D eigenvalue weighted by molar-refractivity contribution is 0.0940. The molecule has 4 rings (SSSR count). The van der Waals surface area contributed by atoms with Gasteiger partial charge in [0.2, 0.25) is 0 Å². The van der Waals surface area contributed by atoms with Crippen LogP contribution < -0.4 is 10.9 Å². The van der Waals surface area contributed by atoms with Crippen molar-refractivity contribution in [2.75, 3.05) is 6.61 Å². The molecule has 2 heterocycles. The molecule has 0 aliphatic carbocycles. The van der Waals surface area contributed by atoms with Crippen LogP contribution in [0.3, 0.4) is 0 Å². The highest BCUT2D eigenvalue weighted by Gasteiger charge is 2.23. The summed E-state index contributed by atoms with van der Waals surface area (Å²) in [6.45, 7) is 0.474. The fraction of sp³-hybridized carbons (Fsp3) is 0.160. The second-order valence-corrected chi connectivity index (χ2v) is 7.19. The molecule has 1 amide bonds. The first kappa shape index (κ1) is 20.5. The zero-order valence-corrected chi connectivity index (χ0v) is 17.0. The highest BCUT2D eigenvalue weighted by Crippen LogP contribution is 2.30. The van der Waals surface area contributed by atoms with Crippen LogP contribution in [0, 0.1) is 0 Å². The second kappa shape index (κ2) is 9.36. The molecule has 0 saturated carbocycles. The number of carbonyl (C=O) groups excluding carboxylic acids is 1. The van der Waals surface area contributed by atoms with E-state index in [2.05, 4.69) is 10.3 Å². The van der Waals surface area contributed by atoms with Crippen molar-refractivity contribution >= 4 is 16.8 Å². The van der Waals surface area contributed by atoms with Gasteiger partial charge in [-0.1, -0.05) is 66.7 Å². The van der Waals surface area contributed by atoms with Crippen LogP contribution in [0.1, 0.15) is 22.5 Å². The summed E-state index contributed by atoms with van der Waals surface area (Å²) >= 11 is 0. The number of nitrogens with zero attached hydrogens (tertiary/aromatic N) is 2. The van der Waals surface area contributed by atoms with Crippen molar-refractivity contribution in [1.82, 2.24) is 14.9 Å². The molecule has 0 saturated heterocycles. The predicted octanol–water partition coefficient (Wildman–Crippen LogP) is 3.38. The smallest absolute Gasteiger partial charge is 0.277 e. The van der Waals surface area contributed by atoms with Crippen molar-refractivity contribution in [3.05, 3.63) is 101 Å². The number of hydrogen-bond donors (Lipinski definition) is 2. The lowest BCUT2D eigenvalue weighted by Crippen LogP contribution is -2.34. The zero-order chi connectivity index (χ0) is 21.6. The molecule has 0 aliphatic heterocycles. The van der Waals surface area contributed by atoms with E-state index in [1.807, 2.05) is 66.7 Å². The third-order valence-electron chi connectivity index (χ3n) is 5.14. The van der Waals surface area contributed by atoms with Crippen LogP contribution in [-0.2, 0) is 13.1 Å². The number of benzene rings is 2. The van der Waals surface area contributed by atoms with Crippen LogP contribution in [0.4, 0.5) is 0 Å². The van der Waals surface area contributed by atoms with Crippen LogP contribution >= 0.6 is 0 Å². The molecule has 156 valence electrons. The number of hydrogen-bond acceptors (Lipinski definition) is 4. The maximum atomic E-state index is 13.4. The molecule has 6 nitrogen and oxygen atoms in total. The molecule has 4 aromatic rings. The fourth-order valence-corrected chi connectivity index (χ4v) is 3.71. The SMILES string of the molecule is O=C(NCc1ccccc1)c1c(-c2ccccc2)c2cccnc2c(=O)n1CCCO. The monoisotopic (exact) mass is 413 g/mol. The summed E-state index contributed by atoms with van der Waals surface area (Å²) in [5.41, 5.74) is 2.69. The predicted molar refractivity (Wildman–Crippen MR) is 121 cm³/mol. The quantitative estimate of drug-likeness (QED) is 0.487. The number of fused-ring (bicyclic) bond motifs is 1. The molecule has 31 heavy (non-hydrogen) atoms. The van der Waals surface area contributed by atoms with Gasteiger partial charge in [0, 0.05) is 36.8 Å². The van der Waals surface area contributed by atoms with Gasteiger partial charge >= 0.3 is 0 Å². The summed E-state index contributed by atoms with van der Waals surface area (Å²) in [5, 5.41) is 12.9. The lowest BCUT2D eigenvalue weighted by Gasteiger charge is -2.19. The molecule has 2 N–H and O–H groups in total. The van der Waals surface area contributed by atoms with E-state index in [-0.39, 0.29) is 30.3 Å². The van der Waals surface area contributed by atoms with E-state index in [1.165, 1.54) is 4.57 Å².